The van der Waals surface area contributed by atoms with E-state index in [1.54, 1.807) is 12.1 Å². The Hall–Kier alpha value is -1.88. The van der Waals surface area contributed by atoms with Crippen molar-refractivity contribution in [2.45, 2.75) is 32.9 Å². The Bertz CT molecular complexity index is 567. The maximum Gasteiger partial charge on any atom is 0.125 e. The topological polar surface area (TPSA) is 47.1 Å². The Balaban J connectivity index is 2.28. The van der Waals surface area contributed by atoms with Crippen LogP contribution in [0.2, 0.25) is 0 Å². The SMILES string of the molecule is CCCn1cc(C(CN)N(CC)c2cccc(F)c2)cn1. The molecule has 2 aromatic rings. The second kappa shape index (κ2) is 7.22. The van der Waals surface area contributed by atoms with Crippen LogP contribution >= 0.6 is 0 Å². The molecule has 0 saturated carbocycles. The summed E-state index contributed by atoms with van der Waals surface area (Å²) < 4.78 is 15.4. The predicted octanol–water partition coefficient (Wildman–Crippen LogP) is 2.96. The minimum absolute atomic E-state index is 0.00223. The van der Waals surface area contributed by atoms with Gasteiger partial charge in [-0.1, -0.05) is 13.0 Å². The molecule has 2 N–H and O–H groups in total. The van der Waals surface area contributed by atoms with E-state index in [4.69, 9.17) is 5.73 Å². The van der Waals surface area contributed by atoms with Crippen LogP contribution in [0.3, 0.4) is 0 Å². The maximum absolute atomic E-state index is 13.5. The van der Waals surface area contributed by atoms with Gasteiger partial charge in [0.05, 0.1) is 12.2 Å². The van der Waals surface area contributed by atoms with Crippen LogP contribution in [0.5, 0.6) is 0 Å². The summed E-state index contributed by atoms with van der Waals surface area (Å²) in [5, 5.41) is 4.36. The van der Waals surface area contributed by atoms with Crippen LogP contribution < -0.4 is 10.6 Å². The zero-order valence-corrected chi connectivity index (χ0v) is 12.7. The molecule has 0 saturated heterocycles. The smallest absolute Gasteiger partial charge is 0.125 e. The van der Waals surface area contributed by atoms with Crippen LogP contribution in [0, 0.1) is 5.82 Å². The van der Waals surface area contributed by atoms with Crippen LogP contribution in [-0.2, 0) is 6.54 Å². The molecule has 4 nitrogen and oxygen atoms in total. The van der Waals surface area contributed by atoms with Gasteiger partial charge in [-0.25, -0.2) is 4.39 Å². The van der Waals surface area contributed by atoms with Crippen molar-refractivity contribution < 1.29 is 4.39 Å². The van der Waals surface area contributed by atoms with E-state index in [0.717, 1.165) is 30.8 Å². The quantitative estimate of drug-likeness (QED) is 0.853. The van der Waals surface area contributed by atoms with E-state index in [9.17, 15) is 4.39 Å². The molecule has 0 aliphatic rings. The van der Waals surface area contributed by atoms with E-state index in [1.807, 2.05) is 30.1 Å². The Morgan fingerprint density at radius 3 is 2.81 bits per heavy atom. The van der Waals surface area contributed by atoms with Crippen LogP contribution in [-0.4, -0.2) is 22.9 Å². The molecule has 0 bridgehead atoms. The minimum Gasteiger partial charge on any atom is -0.363 e. The Morgan fingerprint density at radius 2 is 2.19 bits per heavy atom. The van der Waals surface area contributed by atoms with Gasteiger partial charge in [-0.2, -0.15) is 5.10 Å². The molecule has 21 heavy (non-hydrogen) atoms. The molecule has 0 aliphatic carbocycles. The standard InChI is InChI=1S/C16H23FN4/c1-3-8-20-12-13(11-19-20)16(10-18)21(4-2)15-7-5-6-14(17)9-15/h5-7,9,11-12,16H,3-4,8,10,18H2,1-2H3. The molecule has 1 unspecified atom stereocenters. The van der Waals surface area contributed by atoms with Gasteiger partial charge in [-0.3, -0.25) is 4.68 Å². The summed E-state index contributed by atoms with van der Waals surface area (Å²) in [5.41, 5.74) is 7.88. The van der Waals surface area contributed by atoms with Crippen LogP contribution in [0.4, 0.5) is 10.1 Å². The summed E-state index contributed by atoms with van der Waals surface area (Å²) in [7, 11) is 0. The van der Waals surface area contributed by atoms with Gasteiger partial charge in [-0.05, 0) is 31.5 Å². The fourth-order valence-corrected chi connectivity index (χ4v) is 2.58. The summed E-state index contributed by atoms with van der Waals surface area (Å²) >= 11 is 0. The molecule has 0 aliphatic heterocycles. The highest BCUT2D eigenvalue weighted by molar-refractivity contribution is 5.49. The number of hydrogen-bond acceptors (Lipinski definition) is 3. The number of anilines is 1. The first-order valence-corrected chi connectivity index (χ1v) is 7.44. The van der Waals surface area contributed by atoms with Crippen LogP contribution in [0.15, 0.2) is 36.7 Å². The highest BCUT2D eigenvalue weighted by Gasteiger charge is 2.20. The lowest BCUT2D eigenvalue weighted by Crippen LogP contribution is -2.33. The van der Waals surface area contributed by atoms with Gasteiger partial charge in [0, 0.05) is 37.1 Å². The molecule has 0 spiro atoms. The number of nitrogens with two attached hydrogens (primary N) is 1. The third-order valence-corrected chi connectivity index (χ3v) is 3.57. The molecule has 1 atom stereocenters. The third-order valence-electron chi connectivity index (χ3n) is 3.57. The largest absolute Gasteiger partial charge is 0.363 e. The molecule has 114 valence electrons. The van der Waals surface area contributed by atoms with Gasteiger partial charge in [0.2, 0.25) is 0 Å². The number of aromatic nitrogens is 2. The second-order valence-corrected chi connectivity index (χ2v) is 5.05. The van der Waals surface area contributed by atoms with E-state index in [-0.39, 0.29) is 11.9 Å². The van der Waals surface area contributed by atoms with Crippen molar-refractivity contribution in [3.05, 3.63) is 48.0 Å². The Morgan fingerprint density at radius 1 is 1.38 bits per heavy atom. The monoisotopic (exact) mass is 290 g/mol. The van der Waals surface area contributed by atoms with E-state index >= 15 is 0 Å². The van der Waals surface area contributed by atoms with E-state index in [2.05, 4.69) is 16.9 Å². The molecule has 0 radical (unpaired) electrons. The highest BCUT2D eigenvalue weighted by atomic mass is 19.1. The predicted molar refractivity (Wildman–Crippen MR) is 83.7 cm³/mol. The van der Waals surface area contributed by atoms with Crippen LogP contribution in [0.25, 0.3) is 0 Å². The molecule has 2 rings (SSSR count). The van der Waals surface area contributed by atoms with Crippen molar-refractivity contribution in [2.24, 2.45) is 5.73 Å². The summed E-state index contributed by atoms with van der Waals surface area (Å²) in [4.78, 5) is 2.11. The molecule has 0 fully saturated rings. The highest BCUT2D eigenvalue weighted by Crippen LogP contribution is 2.26. The Labute approximate surface area is 125 Å². The lowest BCUT2D eigenvalue weighted by molar-refractivity contribution is 0.597. The third kappa shape index (κ3) is 3.61. The number of halogens is 1. The van der Waals surface area contributed by atoms with Gasteiger partial charge in [0.1, 0.15) is 5.82 Å². The summed E-state index contributed by atoms with van der Waals surface area (Å²) in [6.45, 7) is 6.27. The lowest BCUT2D eigenvalue weighted by Gasteiger charge is -2.31. The Kier molecular flexibility index (Phi) is 5.33. The van der Waals surface area contributed by atoms with Gasteiger partial charge >= 0.3 is 0 Å². The van der Waals surface area contributed by atoms with Gasteiger partial charge in [0.25, 0.3) is 0 Å². The minimum atomic E-state index is -0.233. The molecular weight excluding hydrogens is 267 g/mol. The van der Waals surface area contributed by atoms with Crippen molar-refractivity contribution in [2.75, 3.05) is 18.0 Å². The summed E-state index contributed by atoms with van der Waals surface area (Å²) in [6.07, 6.45) is 4.92. The van der Waals surface area contributed by atoms with Gasteiger partial charge < -0.3 is 10.6 Å². The molecular formula is C16H23FN4. The first kappa shape index (κ1) is 15.5. The molecule has 1 aromatic carbocycles. The lowest BCUT2D eigenvalue weighted by atomic mass is 10.1. The zero-order chi connectivity index (χ0) is 15.2. The van der Waals surface area contributed by atoms with E-state index in [1.165, 1.54) is 6.07 Å². The summed E-state index contributed by atoms with van der Waals surface area (Å²) in [5.74, 6) is -0.233. The first-order valence-electron chi connectivity index (χ1n) is 7.44. The molecule has 5 heteroatoms. The fourth-order valence-electron chi connectivity index (χ4n) is 2.58. The van der Waals surface area contributed by atoms with E-state index < -0.39 is 0 Å². The number of benzene rings is 1. The number of nitrogens with zero attached hydrogens (tertiary/aromatic N) is 3. The number of rotatable bonds is 7. The van der Waals surface area contributed by atoms with Gasteiger partial charge in [0.15, 0.2) is 0 Å². The average Bonchev–Trinajstić information content (AvgIpc) is 2.93. The van der Waals surface area contributed by atoms with Crippen LogP contribution in [0.1, 0.15) is 31.9 Å². The van der Waals surface area contributed by atoms with Gasteiger partial charge in [-0.15, -0.1) is 0 Å². The maximum atomic E-state index is 13.5. The van der Waals surface area contributed by atoms with Crippen molar-refractivity contribution in [1.29, 1.82) is 0 Å². The molecule has 0 amide bonds. The van der Waals surface area contributed by atoms with E-state index in [0.29, 0.717) is 6.54 Å². The number of likely N-dealkylation sites (N-methyl/N-ethyl adjacent to an activating group) is 1. The van der Waals surface area contributed by atoms with Crippen molar-refractivity contribution >= 4 is 5.69 Å². The van der Waals surface area contributed by atoms with Crippen molar-refractivity contribution in [3.63, 3.8) is 0 Å². The molecule has 1 aromatic heterocycles. The van der Waals surface area contributed by atoms with Crippen molar-refractivity contribution in [3.8, 4) is 0 Å². The first-order chi connectivity index (χ1) is 10.2. The average molecular weight is 290 g/mol. The fraction of sp³-hybridized carbons (Fsp3) is 0.438. The normalized spacial score (nSPS) is 12.4. The number of aryl methyl sites for hydroxylation is 1. The second-order valence-electron chi connectivity index (χ2n) is 5.05. The number of hydrogen-bond donors (Lipinski definition) is 1. The van der Waals surface area contributed by atoms with Crippen molar-refractivity contribution in [1.82, 2.24) is 9.78 Å². The zero-order valence-electron chi connectivity index (χ0n) is 12.7. The molecule has 1 heterocycles. The summed E-state index contributed by atoms with van der Waals surface area (Å²) in [6, 6.07) is 6.63.